The highest BCUT2D eigenvalue weighted by molar-refractivity contribution is 6.11. The van der Waals surface area contributed by atoms with E-state index in [1.165, 1.54) is 0 Å². The van der Waals surface area contributed by atoms with Crippen LogP contribution in [0.25, 0.3) is 11.1 Å². The van der Waals surface area contributed by atoms with E-state index < -0.39 is 0 Å². The van der Waals surface area contributed by atoms with Gasteiger partial charge in [-0.15, -0.1) is 0 Å². The van der Waals surface area contributed by atoms with Gasteiger partial charge in [0.05, 0.1) is 17.4 Å². The zero-order valence-electron chi connectivity index (χ0n) is 16.4. The van der Waals surface area contributed by atoms with Crippen LogP contribution < -0.4 is 15.4 Å². The summed E-state index contributed by atoms with van der Waals surface area (Å²) in [5.41, 5.74) is 4.37. The maximum atomic E-state index is 12.6. The molecular weight excluding hydrogens is 364 g/mol. The molecule has 5 nitrogen and oxygen atoms in total. The van der Waals surface area contributed by atoms with Crippen molar-refractivity contribution in [3.05, 3.63) is 83.4 Å². The molecule has 0 spiro atoms. The van der Waals surface area contributed by atoms with Crippen LogP contribution in [0.1, 0.15) is 40.1 Å². The van der Waals surface area contributed by atoms with Gasteiger partial charge in [0, 0.05) is 12.1 Å². The number of hydrogen-bond acceptors (Lipinski definition) is 3. The highest BCUT2D eigenvalue weighted by atomic mass is 16.5. The van der Waals surface area contributed by atoms with Gasteiger partial charge in [0.15, 0.2) is 0 Å². The zero-order valence-corrected chi connectivity index (χ0v) is 16.4. The largest absolute Gasteiger partial charge is 0.491 e. The van der Waals surface area contributed by atoms with Crippen LogP contribution in [0.3, 0.4) is 0 Å². The fourth-order valence-corrected chi connectivity index (χ4v) is 3.52. The van der Waals surface area contributed by atoms with E-state index in [-0.39, 0.29) is 17.9 Å². The molecule has 0 fully saturated rings. The van der Waals surface area contributed by atoms with Gasteiger partial charge in [-0.1, -0.05) is 36.4 Å². The molecule has 3 aromatic carbocycles. The Morgan fingerprint density at radius 2 is 1.83 bits per heavy atom. The number of benzene rings is 3. The number of rotatable bonds is 5. The molecule has 0 aromatic heterocycles. The van der Waals surface area contributed by atoms with E-state index in [4.69, 9.17) is 4.74 Å². The molecule has 0 atom stereocenters. The molecule has 5 heteroatoms. The van der Waals surface area contributed by atoms with Crippen molar-refractivity contribution in [2.45, 2.75) is 26.5 Å². The highest BCUT2D eigenvalue weighted by Crippen LogP contribution is 2.35. The molecule has 0 unspecified atom stereocenters. The maximum Gasteiger partial charge on any atom is 0.255 e. The summed E-state index contributed by atoms with van der Waals surface area (Å²) in [6.07, 6.45) is 0.0785. The lowest BCUT2D eigenvalue weighted by atomic mass is 9.95. The van der Waals surface area contributed by atoms with E-state index in [1.54, 1.807) is 30.3 Å². The van der Waals surface area contributed by atoms with Crippen molar-refractivity contribution >= 4 is 17.5 Å². The molecule has 0 saturated carbocycles. The predicted octanol–water partition coefficient (Wildman–Crippen LogP) is 4.64. The molecule has 146 valence electrons. The Balaban J connectivity index is 1.71. The lowest BCUT2D eigenvalue weighted by molar-refractivity contribution is 0.0966. The summed E-state index contributed by atoms with van der Waals surface area (Å²) in [6, 6.07) is 20.5. The third-order valence-corrected chi connectivity index (χ3v) is 4.77. The van der Waals surface area contributed by atoms with Crippen LogP contribution in [0.4, 0.5) is 5.69 Å². The number of carbonyl (C=O) groups is 2. The van der Waals surface area contributed by atoms with Crippen molar-refractivity contribution in [3.8, 4) is 16.9 Å². The summed E-state index contributed by atoms with van der Waals surface area (Å²) in [5, 5.41) is 5.75. The second kappa shape index (κ2) is 7.80. The van der Waals surface area contributed by atoms with Gasteiger partial charge in [-0.2, -0.15) is 0 Å². The van der Waals surface area contributed by atoms with Crippen LogP contribution in [-0.4, -0.2) is 17.9 Å². The third kappa shape index (κ3) is 3.85. The van der Waals surface area contributed by atoms with Crippen molar-refractivity contribution in [1.82, 2.24) is 5.32 Å². The number of carbonyl (C=O) groups excluding carboxylic acids is 2. The molecule has 0 radical (unpaired) electrons. The van der Waals surface area contributed by atoms with Gasteiger partial charge >= 0.3 is 0 Å². The molecule has 0 aliphatic carbocycles. The molecule has 2 amide bonds. The minimum Gasteiger partial charge on any atom is -0.491 e. The maximum absolute atomic E-state index is 12.6. The van der Waals surface area contributed by atoms with Crippen LogP contribution in [0.15, 0.2) is 66.7 Å². The molecule has 3 aromatic rings. The molecule has 2 N–H and O–H groups in total. The lowest BCUT2D eigenvalue weighted by Gasteiger charge is -2.14. The molecule has 4 rings (SSSR count). The zero-order chi connectivity index (χ0) is 20.4. The Morgan fingerprint density at radius 3 is 2.59 bits per heavy atom. The second-order valence-electron chi connectivity index (χ2n) is 7.21. The van der Waals surface area contributed by atoms with Gasteiger partial charge < -0.3 is 15.4 Å². The summed E-state index contributed by atoms with van der Waals surface area (Å²) in [6.45, 7) is 4.39. The van der Waals surface area contributed by atoms with E-state index in [0.29, 0.717) is 23.4 Å². The number of fused-ring (bicyclic) bond motifs is 1. The Morgan fingerprint density at radius 1 is 1.03 bits per heavy atom. The summed E-state index contributed by atoms with van der Waals surface area (Å²) in [5.74, 6) is 0.359. The first-order valence-electron chi connectivity index (χ1n) is 9.60. The molecule has 0 saturated heterocycles. The van der Waals surface area contributed by atoms with E-state index in [9.17, 15) is 9.59 Å². The Hall–Kier alpha value is -3.60. The lowest BCUT2D eigenvalue weighted by Crippen LogP contribution is -2.17. The number of hydrogen-bond donors (Lipinski definition) is 2. The fraction of sp³-hybridized carbons (Fsp3) is 0.167. The average Bonchev–Trinajstić information content (AvgIpc) is 3.11. The first-order valence-corrected chi connectivity index (χ1v) is 9.60. The fourth-order valence-electron chi connectivity index (χ4n) is 3.52. The summed E-state index contributed by atoms with van der Waals surface area (Å²) >= 11 is 0. The van der Waals surface area contributed by atoms with Crippen molar-refractivity contribution in [1.29, 1.82) is 0 Å². The summed E-state index contributed by atoms with van der Waals surface area (Å²) in [4.78, 5) is 25.1. The van der Waals surface area contributed by atoms with Crippen LogP contribution in [-0.2, 0) is 6.54 Å². The van der Waals surface area contributed by atoms with Crippen LogP contribution in [0.5, 0.6) is 5.75 Å². The third-order valence-electron chi connectivity index (χ3n) is 4.77. The predicted molar refractivity (Wildman–Crippen MR) is 113 cm³/mol. The van der Waals surface area contributed by atoms with Gasteiger partial charge in [0.25, 0.3) is 11.8 Å². The van der Waals surface area contributed by atoms with Crippen LogP contribution in [0, 0.1) is 0 Å². The minimum atomic E-state index is -0.243. The average molecular weight is 386 g/mol. The van der Waals surface area contributed by atoms with Gasteiger partial charge in [0.2, 0.25) is 0 Å². The number of anilines is 1. The van der Waals surface area contributed by atoms with E-state index >= 15 is 0 Å². The quantitative estimate of drug-likeness (QED) is 0.671. The first kappa shape index (κ1) is 18.7. The molecule has 1 aliphatic rings. The van der Waals surface area contributed by atoms with Crippen molar-refractivity contribution < 1.29 is 14.3 Å². The van der Waals surface area contributed by atoms with Crippen LogP contribution in [0.2, 0.25) is 0 Å². The van der Waals surface area contributed by atoms with E-state index in [2.05, 4.69) is 10.6 Å². The SMILES string of the molecule is CC(C)Oc1cccc(-c2ccc(NC(=O)c3ccccc3)c3c2CNC3=O)c1. The minimum absolute atomic E-state index is 0.0785. The summed E-state index contributed by atoms with van der Waals surface area (Å²) < 4.78 is 5.80. The Bertz CT molecular complexity index is 1070. The van der Waals surface area contributed by atoms with Crippen molar-refractivity contribution in [2.75, 3.05) is 5.32 Å². The van der Waals surface area contributed by atoms with E-state index in [1.807, 2.05) is 50.2 Å². The van der Waals surface area contributed by atoms with Gasteiger partial charge in [0.1, 0.15) is 5.75 Å². The van der Waals surface area contributed by atoms with E-state index in [0.717, 1.165) is 22.4 Å². The standard InChI is InChI=1S/C24H22N2O3/c1-15(2)29-18-10-6-9-17(13-18)19-11-12-21(22-20(19)14-25-24(22)28)26-23(27)16-7-4-3-5-8-16/h3-13,15H,14H2,1-2H3,(H,25,28)(H,26,27). The molecule has 1 aliphatic heterocycles. The monoisotopic (exact) mass is 386 g/mol. The van der Waals surface area contributed by atoms with Gasteiger partial charge in [-0.25, -0.2) is 0 Å². The Labute approximate surface area is 169 Å². The number of ether oxygens (including phenoxy) is 1. The second-order valence-corrected chi connectivity index (χ2v) is 7.21. The molecular formula is C24H22N2O3. The molecule has 0 bridgehead atoms. The summed E-state index contributed by atoms with van der Waals surface area (Å²) in [7, 11) is 0. The number of nitrogens with one attached hydrogen (secondary N) is 2. The van der Waals surface area contributed by atoms with Crippen molar-refractivity contribution in [2.24, 2.45) is 0 Å². The smallest absolute Gasteiger partial charge is 0.255 e. The topological polar surface area (TPSA) is 67.4 Å². The Kier molecular flexibility index (Phi) is 5.04. The van der Waals surface area contributed by atoms with Gasteiger partial charge in [-0.05, 0) is 60.9 Å². The first-order chi connectivity index (χ1) is 14.0. The number of amides is 2. The van der Waals surface area contributed by atoms with Crippen LogP contribution >= 0.6 is 0 Å². The normalized spacial score (nSPS) is 12.4. The highest BCUT2D eigenvalue weighted by Gasteiger charge is 2.27. The van der Waals surface area contributed by atoms with Crippen molar-refractivity contribution in [3.63, 3.8) is 0 Å². The molecule has 29 heavy (non-hydrogen) atoms. The molecule has 1 heterocycles. The van der Waals surface area contributed by atoms with Gasteiger partial charge in [-0.3, -0.25) is 9.59 Å².